The van der Waals surface area contributed by atoms with Crippen molar-refractivity contribution in [2.45, 2.75) is 45.8 Å². The Morgan fingerprint density at radius 2 is 1.82 bits per heavy atom. The number of carbonyl (C=O) groups is 1. The highest BCUT2D eigenvalue weighted by Gasteiger charge is 2.16. The second kappa shape index (κ2) is 5.82. The average Bonchev–Trinajstić information content (AvgIpc) is 2.24. The van der Waals surface area contributed by atoms with Gasteiger partial charge in [-0.25, -0.2) is 0 Å². The number of hydrogen-bond acceptors (Lipinski definition) is 3. The van der Waals surface area contributed by atoms with Gasteiger partial charge in [-0.15, -0.1) is 0 Å². The van der Waals surface area contributed by atoms with Crippen molar-refractivity contribution in [3.63, 3.8) is 0 Å². The lowest BCUT2D eigenvalue weighted by molar-refractivity contribution is -0.154. The van der Waals surface area contributed by atoms with Crippen molar-refractivity contribution in [3.05, 3.63) is 35.4 Å². The molecule has 3 heteroatoms. The highest BCUT2D eigenvalue weighted by atomic mass is 16.6. The largest absolute Gasteiger partial charge is 0.460 e. The van der Waals surface area contributed by atoms with Crippen molar-refractivity contribution in [2.75, 3.05) is 0 Å². The van der Waals surface area contributed by atoms with Crippen LogP contribution in [0.25, 0.3) is 0 Å². The first-order chi connectivity index (χ1) is 7.92. The molecule has 1 aromatic carbocycles. The molecule has 17 heavy (non-hydrogen) atoms. The third kappa shape index (κ3) is 5.00. The highest BCUT2D eigenvalue weighted by Crippen LogP contribution is 2.13. The minimum atomic E-state index is -0.412. The number of esters is 1. The Morgan fingerprint density at radius 3 is 2.35 bits per heavy atom. The van der Waals surface area contributed by atoms with Gasteiger partial charge in [0.15, 0.2) is 0 Å². The van der Waals surface area contributed by atoms with Crippen LogP contribution >= 0.6 is 0 Å². The van der Waals surface area contributed by atoms with Gasteiger partial charge in [0.1, 0.15) is 5.60 Å². The van der Waals surface area contributed by atoms with Gasteiger partial charge in [-0.2, -0.15) is 0 Å². The van der Waals surface area contributed by atoms with Gasteiger partial charge in [0, 0.05) is 13.0 Å². The van der Waals surface area contributed by atoms with Gasteiger partial charge in [-0.1, -0.05) is 24.3 Å². The van der Waals surface area contributed by atoms with Crippen LogP contribution in [0, 0.1) is 0 Å². The van der Waals surface area contributed by atoms with Gasteiger partial charge in [0.2, 0.25) is 0 Å². The van der Waals surface area contributed by atoms with Gasteiger partial charge < -0.3 is 10.5 Å². The molecule has 0 bridgehead atoms. The molecule has 0 fully saturated rings. The Hall–Kier alpha value is -1.35. The Balaban J connectivity index is 2.53. The summed E-state index contributed by atoms with van der Waals surface area (Å²) in [6.07, 6.45) is 1.08. The van der Waals surface area contributed by atoms with Crippen LogP contribution in [0.15, 0.2) is 24.3 Å². The Bertz CT molecular complexity index is 380. The molecule has 0 aromatic heterocycles. The van der Waals surface area contributed by atoms with Gasteiger partial charge in [0.25, 0.3) is 0 Å². The highest BCUT2D eigenvalue weighted by molar-refractivity contribution is 5.70. The molecule has 0 heterocycles. The zero-order valence-electron chi connectivity index (χ0n) is 10.8. The smallest absolute Gasteiger partial charge is 0.306 e. The second-order valence-electron chi connectivity index (χ2n) is 5.06. The van der Waals surface area contributed by atoms with Crippen molar-refractivity contribution in [1.82, 2.24) is 0 Å². The summed E-state index contributed by atoms with van der Waals surface area (Å²) in [5.74, 6) is -0.163. The normalized spacial score (nSPS) is 11.3. The van der Waals surface area contributed by atoms with E-state index in [-0.39, 0.29) is 5.97 Å². The van der Waals surface area contributed by atoms with Crippen LogP contribution in [-0.2, 0) is 22.5 Å². The van der Waals surface area contributed by atoms with Crippen LogP contribution in [-0.4, -0.2) is 11.6 Å². The summed E-state index contributed by atoms with van der Waals surface area (Å²) < 4.78 is 5.26. The minimum Gasteiger partial charge on any atom is -0.460 e. The van der Waals surface area contributed by atoms with Crippen LogP contribution in [0.2, 0.25) is 0 Å². The van der Waals surface area contributed by atoms with Crippen molar-refractivity contribution < 1.29 is 9.53 Å². The van der Waals surface area contributed by atoms with Crippen LogP contribution in [0.4, 0.5) is 0 Å². The average molecular weight is 235 g/mol. The fraction of sp³-hybridized carbons (Fsp3) is 0.500. The zero-order valence-corrected chi connectivity index (χ0v) is 10.8. The molecule has 1 rings (SSSR count). The number of carbonyl (C=O) groups excluding carboxylic acids is 1. The first-order valence-corrected chi connectivity index (χ1v) is 5.91. The summed E-state index contributed by atoms with van der Waals surface area (Å²) in [6, 6.07) is 7.92. The fourth-order valence-electron chi connectivity index (χ4n) is 1.63. The second-order valence-corrected chi connectivity index (χ2v) is 5.06. The van der Waals surface area contributed by atoms with E-state index in [0.29, 0.717) is 19.4 Å². The number of rotatable bonds is 4. The van der Waals surface area contributed by atoms with Crippen molar-refractivity contribution in [3.8, 4) is 0 Å². The number of ether oxygens (including phenoxy) is 1. The molecule has 0 atom stereocenters. The maximum Gasteiger partial charge on any atom is 0.306 e. The first-order valence-electron chi connectivity index (χ1n) is 5.91. The lowest BCUT2D eigenvalue weighted by atomic mass is 10.0. The van der Waals surface area contributed by atoms with Crippen LogP contribution in [0.3, 0.4) is 0 Å². The molecular formula is C14H21NO2. The molecule has 2 N–H and O–H groups in total. The summed E-state index contributed by atoms with van der Waals surface area (Å²) in [7, 11) is 0. The molecule has 0 aliphatic carbocycles. The van der Waals surface area contributed by atoms with Crippen molar-refractivity contribution >= 4 is 5.97 Å². The van der Waals surface area contributed by atoms with Crippen LogP contribution in [0.1, 0.15) is 38.3 Å². The predicted octanol–water partition coefficient (Wildman–Crippen LogP) is 2.42. The third-order valence-electron chi connectivity index (χ3n) is 2.36. The number of aryl methyl sites for hydroxylation is 1. The molecule has 3 nitrogen and oxygen atoms in total. The quantitative estimate of drug-likeness (QED) is 0.815. The molecule has 0 radical (unpaired) electrons. The standard InChI is InChI=1S/C14H21NO2/c1-14(2,3)17-13(16)9-8-11-6-4-5-7-12(11)10-15/h4-7H,8-10,15H2,1-3H3. The summed E-state index contributed by atoms with van der Waals surface area (Å²) in [5.41, 5.74) is 7.45. The van der Waals surface area contributed by atoms with Gasteiger partial charge in [-0.3, -0.25) is 4.79 Å². The van der Waals surface area contributed by atoms with E-state index in [9.17, 15) is 4.79 Å². The molecule has 0 saturated carbocycles. The van der Waals surface area contributed by atoms with E-state index in [2.05, 4.69) is 0 Å². The SMILES string of the molecule is CC(C)(C)OC(=O)CCc1ccccc1CN. The Morgan fingerprint density at radius 1 is 1.24 bits per heavy atom. The number of nitrogens with two attached hydrogens (primary N) is 1. The van der Waals surface area contributed by atoms with Gasteiger partial charge >= 0.3 is 5.97 Å². The minimum absolute atomic E-state index is 0.163. The Kier molecular flexibility index (Phi) is 4.70. The molecule has 1 aromatic rings. The van der Waals surface area contributed by atoms with E-state index in [4.69, 9.17) is 10.5 Å². The molecular weight excluding hydrogens is 214 g/mol. The zero-order chi connectivity index (χ0) is 12.9. The number of benzene rings is 1. The monoisotopic (exact) mass is 235 g/mol. The summed E-state index contributed by atoms with van der Waals surface area (Å²) in [4.78, 5) is 11.6. The molecule has 0 amide bonds. The van der Waals surface area contributed by atoms with Crippen molar-refractivity contribution in [2.24, 2.45) is 5.73 Å². The maximum atomic E-state index is 11.6. The third-order valence-corrected chi connectivity index (χ3v) is 2.36. The van der Waals surface area contributed by atoms with E-state index in [1.165, 1.54) is 0 Å². The van der Waals surface area contributed by atoms with E-state index in [0.717, 1.165) is 11.1 Å². The summed E-state index contributed by atoms with van der Waals surface area (Å²) >= 11 is 0. The summed E-state index contributed by atoms with van der Waals surface area (Å²) in [5, 5.41) is 0. The van der Waals surface area contributed by atoms with E-state index < -0.39 is 5.60 Å². The van der Waals surface area contributed by atoms with E-state index in [1.807, 2.05) is 45.0 Å². The fourth-order valence-corrected chi connectivity index (χ4v) is 1.63. The van der Waals surface area contributed by atoms with Gasteiger partial charge in [0.05, 0.1) is 0 Å². The topological polar surface area (TPSA) is 52.3 Å². The molecule has 0 spiro atoms. The van der Waals surface area contributed by atoms with Crippen LogP contribution < -0.4 is 5.73 Å². The molecule has 94 valence electrons. The number of hydrogen-bond donors (Lipinski definition) is 1. The summed E-state index contributed by atoms with van der Waals surface area (Å²) in [6.45, 7) is 6.13. The molecule has 0 unspecified atom stereocenters. The maximum absolute atomic E-state index is 11.6. The lowest BCUT2D eigenvalue weighted by Gasteiger charge is -2.19. The van der Waals surface area contributed by atoms with Crippen LogP contribution in [0.5, 0.6) is 0 Å². The molecule has 0 aliphatic heterocycles. The van der Waals surface area contributed by atoms with E-state index in [1.54, 1.807) is 0 Å². The molecule has 0 aliphatic rings. The first kappa shape index (κ1) is 13.7. The lowest BCUT2D eigenvalue weighted by Crippen LogP contribution is -2.24. The molecule has 0 saturated heterocycles. The predicted molar refractivity (Wildman–Crippen MR) is 68.5 cm³/mol. The van der Waals surface area contributed by atoms with Crippen molar-refractivity contribution in [1.29, 1.82) is 0 Å². The van der Waals surface area contributed by atoms with E-state index >= 15 is 0 Å². The Labute approximate surface area is 103 Å². The van der Waals surface area contributed by atoms with Gasteiger partial charge in [-0.05, 0) is 38.3 Å².